The predicted octanol–water partition coefficient (Wildman–Crippen LogP) is 5.14. The van der Waals surface area contributed by atoms with Crippen LogP contribution < -0.4 is 0 Å². The number of ether oxygens (including phenoxy) is 7. The van der Waals surface area contributed by atoms with Crippen molar-refractivity contribution in [1.82, 2.24) is 0 Å². The Morgan fingerprint density at radius 2 is 1.76 bits per heavy atom. The molecule has 0 radical (unpaired) electrons. The number of hydrogen-bond donors (Lipinski definition) is 5. The molecular weight excluding hydrogens is 769 g/mol. The van der Waals surface area contributed by atoms with Crippen molar-refractivity contribution in [2.75, 3.05) is 6.61 Å². The van der Waals surface area contributed by atoms with E-state index in [1.807, 2.05) is 0 Å². The second-order valence-corrected chi connectivity index (χ2v) is 21.3. The summed E-state index contributed by atoms with van der Waals surface area (Å²) < 4.78 is 45.6. The second kappa shape index (κ2) is 16.2. The summed E-state index contributed by atoms with van der Waals surface area (Å²) in [5.41, 5.74) is -1.52. The maximum absolute atomic E-state index is 11.7. The zero-order valence-electron chi connectivity index (χ0n) is 35.0. The minimum Gasteiger partial charge on any atom is -0.479 e. The molecule has 58 heavy (non-hydrogen) atoms. The lowest BCUT2D eigenvalue weighted by Crippen LogP contribution is -2.63. The fourth-order valence-corrected chi connectivity index (χ4v) is 12.7. The molecule has 8 saturated heterocycles. The summed E-state index contributed by atoms with van der Waals surface area (Å²) in [6.07, 6.45) is 8.13. The molecule has 0 aromatic carbocycles. The van der Waals surface area contributed by atoms with Crippen molar-refractivity contribution in [1.29, 1.82) is 0 Å². The molecule has 8 aliphatic heterocycles. The van der Waals surface area contributed by atoms with E-state index in [0.717, 1.165) is 51.6 Å². The van der Waals surface area contributed by atoms with Gasteiger partial charge in [-0.1, -0.05) is 39.5 Å². The normalized spacial score (nSPS) is 49.3. The summed E-state index contributed by atoms with van der Waals surface area (Å²) in [6, 6.07) is 0. The molecule has 13 nitrogen and oxygen atoms in total. The summed E-state index contributed by atoms with van der Waals surface area (Å²) in [5.74, 6) is -3.61. The Balaban J connectivity index is 0.852. The van der Waals surface area contributed by atoms with Crippen molar-refractivity contribution in [3.05, 3.63) is 24.3 Å². The van der Waals surface area contributed by atoms with Gasteiger partial charge in [-0.15, -0.1) is 11.8 Å². The van der Waals surface area contributed by atoms with Gasteiger partial charge in [0, 0.05) is 42.8 Å². The highest BCUT2D eigenvalue weighted by molar-refractivity contribution is 8.08. The third-order valence-electron chi connectivity index (χ3n) is 14.9. The van der Waals surface area contributed by atoms with E-state index in [0.29, 0.717) is 50.0 Å². The molecular formula is C44H68O13S. The Hall–Kier alpha value is -1.14. The van der Waals surface area contributed by atoms with Gasteiger partial charge in [0.15, 0.2) is 17.2 Å². The average molecular weight is 837 g/mol. The summed E-state index contributed by atoms with van der Waals surface area (Å²) >= 11 is 1.72. The highest BCUT2D eigenvalue weighted by Crippen LogP contribution is 2.67. The first-order valence-electron chi connectivity index (χ1n) is 22.1. The molecule has 0 aliphatic carbocycles. The minimum atomic E-state index is -1.95. The van der Waals surface area contributed by atoms with Crippen LogP contribution in [0.4, 0.5) is 0 Å². The van der Waals surface area contributed by atoms with Gasteiger partial charge in [-0.05, 0) is 89.0 Å². The van der Waals surface area contributed by atoms with Gasteiger partial charge in [-0.3, -0.25) is 0 Å². The highest BCUT2D eigenvalue weighted by Gasteiger charge is 2.72. The van der Waals surface area contributed by atoms with E-state index in [2.05, 4.69) is 46.4 Å². The smallest absolute Gasteiger partial charge is 0.335 e. The van der Waals surface area contributed by atoms with Gasteiger partial charge in [-0.2, -0.15) is 0 Å². The zero-order chi connectivity index (χ0) is 41.4. The van der Waals surface area contributed by atoms with Crippen LogP contribution in [0.1, 0.15) is 125 Å². The number of carboxylic acids is 1. The molecule has 8 aliphatic rings. The SMILES string of the molecule is C=C1[C@@H](O)[C@@H]2O[C@]3(CC[C@H](/C=C/[C@@H](C)[C@@H]4C[C@@]5(C)S[C@H]5[C@@]5(O[C@H](C[C@@](C)(O)C(=O)O)CC[C@H]5O)O4)O3)CC[C@H]2O[C@@H]1C(O)C[C@H](C)[C@H]1O[C@@]2(CCCCO2)CC[C@H]1C. The Labute approximate surface area is 347 Å². The van der Waals surface area contributed by atoms with Crippen LogP contribution in [-0.4, -0.2) is 132 Å². The molecule has 0 saturated carbocycles. The Morgan fingerprint density at radius 3 is 2.50 bits per heavy atom. The number of fused-ring (bicyclic) bond motifs is 3. The maximum atomic E-state index is 11.7. The molecule has 3 spiro atoms. The van der Waals surface area contributed by atoms with Gasteiger partial charge in [0.05, 0.1) is 48.5 Å². The van der Waals surface area contributed by atoms with Crippen molar-refractivity contribution in [2.45, 2.75) is 219 Å². The summed E-state index contributed by atoms with van der Waals surface area (Å²) in [5, 5.41) is 54.3. The van der Waals surface area contributed by atoms with E-state index < -0.39 is 71.7 Å². The van der Waals surface area contributed by atoms with Crippen molar-refractivity contribution >= 4 is 17.7 Å². The zero-order valence-corrected chi connectivity index (χ0v) is 35.8. The Kier molecular flexibility index (Phi) is 12.2. The Morgan fingerprint density at radius 1 is 1.00 bits per heavy atom. The topological polar surface area (TPSA) is 183 Å². The summed E-state index contributed by atoms with van der Waals surface area (Å²) in [7, 11) is 0. The first kappa shape index (κ1) is 43.5. The molecule has 5 N–H and O–H groups in total. The van der Waals surface area contributed by atoms with Gasteiger partial charge in [0.2, 0.25) is 5.79 Å². The van der Waals surface area contributed by atoms with Crippen LogP contribution >= 0.6 is 11.8 Å². The van der Waals surface area contributed by atoms with Crippen molar-refractivity contribution in [3.63, 3.8) is 0 Å². The summed E-state index contributed by atoms with van der Waals surface area (Å²) in [6.45, 7) is 14.8. The maximum Gasteiger partial charge on any atom is 0.335 e. The fourth-order valence-electron chi connectivity index (χ4n) is 11.3. The van der Waals surface area contributed by atoms with Crippen LogP contribution in [0, 0.1) is 17.8 Å². The number of hydrogen-bond acceptors (Lipinski definition) is 13. The molecule has 0 aromatic heterocycles. The van der Waals surface area contributed by atoms with Crippen LogP contribution in [0.3, 0.4) is 0 Å². The van der Waals surface area contributed by atoms with E-state index in [1.54, 1.807) is 11.8 Å². The average Bonchev–Trinajstić information content (AvgIpc) is 3.74. The molecule has 0 aromatic rings. The number of rotatable bonds is 10. The standard InChI is InChI=1S/C44H68O13S/c1-24(32-23-41(6)38(58-41)44(55-32)33(46)12-11-29(54-44)22-40(5,50)39(48)49)9-10-28-14-18-43(53-28)19-15-31-37(57-43)34(47)27(4)36(52-31)30(45)21-26(3)35-25(2)13-17-42(56-35)16-7-8-20-51-42/h9-10,24-26,28-38,45-47,50H,4,7-8,11-23H2,1-3,5-6H3,(H,48,49)/b10-9+/t24-,25-,26+,28+,29+,30?,31-,32+,33-,34-,35+,36+,37-,38-,40-,41-,42+,43-,44+/m1/s1. The van der Waals surface area contributed by atoms with Crippen LogP contribution in [0.25, 0.3) is 0 Å². The molecule has 8 heterocycles. The van der Waals surface area contributed by atoms with Crippen LogP contribution in [-0.2, 0) is 38.0 Å². The van der Waals surface area contributed by atoms with E-state index in [-0.39, 0.29) is 46.6 Å². The lowest BCUT2D eigenvalue weighted by molar-refractivity contribution is -0.350. The van der Waals surface area contributed by atoms with E-state index in [4.69, 9.17) is 33.2 Å². The van der Waals surface area contributed by atoms with E-state index in [1.165, 1.54) is 6.92 Å². The molecule has 8 fully saturated rings. The monoisotopic (exact) mass is 836 g/mol. The molecule has 328 valence electrons. The second-order valence-electron chi connectivity index (χ2n) is 19.7. The third-order valence-corrected chi connectivity index (χ3v) is 16.7. The van der Waals surface area contributed by atoms with E-state index >= 15 is 0 Å². The van der Waals surface area contributed by atoms with Gasteiger partial charge >= 0.3 is 5.97 Å². The quantitative estimate of drug-likeness (QED) is 0.144. The van der Waals surface area contributed by atoms with Crippen LogP contribution in [0.2, 0.25) is 0 Å². The van der Waals surface area contributed by atoms with Gasteiger partial charge < -0.3 is 58.7 Å². The predicted molar refractivity (Wildman–Crippen MR) is 214 cm³/mol. The first-order valence-corrected chi connectivity index (χ1v) is 23.0. The van der Waals surface area contributed by atoms with Crippen LogP contribution in [0.15, 0.2) is 24.3 Å². The molecule has 0 bridgehead atoms. The van der Waals surface area contributed by atoms with Crippen molar-refractivity contribution < 1.29 is 63.5 Å². The number of aliphatic hydroxyl groups excluding tert-OH is 3. The first-order chi connectivity index (χ1) is 27.4. The van der Waals surface area contributed by atoms with Gasteiger partial charge in [-0.25, -0.2) is 4.79 Å². The lowest BCUT2D eigenvalue weighted by Gasteiger charge is -2.50. The molecule has 1 unspecified atom stereocenters. The number of carboxylic acid groups (broad SMARTS) is 1. The summed E-state index contributed by atoms with van der Waals surface area (Å²) in [4.78, 5) is 11.7. The fraction of sp³-hybridized carbons (Fsp3) is 0.886. The number of thioether (sulfide) groups is 1. The number of carbonyl (C=O) groups is 1. The molecule has 19 atom stereocenters. The van der Waals surface area contributed by atoms with Crippen molar-refractivity contribution in [2.24, 2.45) is 17.8 Å². The molecule has 0 amide bonds. The van der Waals surface area contributed by atoms with Crippen LogP contribution in [0.5, 0.6) is 0 Å². The van der Waals surface area contributed by atoms with Gasteiger partial charge in [0.25, 0.3) is 0 Å². The highest BCUT2D eigenvalue weighted by atomic mass is 32.2. The number of aliphatic hydroxyl groups is 4. The van der Waals surface area contributed by atoms with E-state index in [9.17, 15) is 30.3 Å². The Bertz CT molecular complexity index is 1550. The van der Waals surface area contributed by atoms with Crippen molar-refractivity contribution in [3.8, 4) is 0 Å². The molecule has 8 rings (SSSR count). The van der Waals surface area contributed by atoms with Gasteiger partial charge in [0.1, 0.15) is 24.4 Å². The largest absolute Gasteiger partial charge is 0.479 e. The third kappa shape index (κ3) is 8.25. The number of aliphatic carboxylic acids is 1. The minimum absolute atomic E-state index is 0.0406. The lowest BCUT2D eigenvalue weighted by atomic mass is 9.79. The molecule has 14 heteroatoms.